The van der Waals surface area contributed by atoms with Gasteiger partial charge in [-0.2, -0.15) is 0 Å². The average Bonchev–Trinajstić information content (AvgIpc) is 2.60. The summed E-state index contributed by atoms with van der Waals surface area (Å²) in [6, 6.07) is 17.7. The number of carbonyl (C=O) groups is 1. The quantitative estimate of drug-likeness (QED) is 0.826. The van der Waals surface area contributed by atoms with E-state index in [0.717, 1.165) is 16.1 Å². The number of sulfonamides is 1. The summed E-state index contributed by atoms with van der Waals surface area (Å²) in [4.78, 5) is 12.5. The van der Waals surface area contributed by atoms with Crippen LogP contribution in [0.4, 0.5) is 5.69 Å². The van der Waals surface area contributed by atoms with Crippen molar-refractivity contribution in [2.75, 3.05) is 17.1 Å². The lowest BCUT2D eigenvalue weighted by Crippen LogP contribution is -2.48. The molecular formula is C19H24N2O3S. The lowest BCUT2D eigenvalue weighted by atomic mass is 10.0. The lowest BCUT2D eigenvalue weighted by Gasteiger charge is -2.28. The molecule has 5 nitrogen and oxygen atoms in total. The molecule has 0 bridgehead atoms. The predicted octanol–water partition coefficient (Wildman–Crippen LogP) is 2.76. The molecule has 1 amide bonds. The third-order valence-corrected chi connectivity index (χ3v) is 5.29. The van der Waals surface area contributed by atoms with Crippen molar-refractivity contribution in [3.8, 4) is 0 Å². The Morgan fingerprint density at radius 2 is 1.52 bits per heavy atom. The Labute approximate surface area is 149 Å². The van der Waals surface area contributed by atoms with E-state index in [1.54, 1.807) is 37.3 Å². The summed E-state index contributed by atoms with van der Waals surface area (Å²) in [6.07, 6.45) is 1.11. The number of rotatable bonds is 7. The van der Waals surface area contributed by atoms with Crippen molar-refractivity contribution in [2.45, 2.75) is 25.8 Å². The minimum absolute atomic E-state index is 0.140. The molecule has 0 aliphatic heterocycles. The van der Waals surface area contributed by atoms with Crippen LogP contribution in [0.25, 0.3) is 0 Å². The molecule has 0 aliphatic carbocycles. The Hall–Kier alpha value is -2.34. The highest BCUT2D eigenvalue weighted by atomic mass is 32.2. The number of anilines is 1. The highest BCUT2D eigenvalue weighted by Crippen LogP contribution is 2.20. The number of para-hydroxylation sites is 1. The normalized spacial score (nSPS) is 13.7. The summed E-state index contributed by atoms with van der Waals surface area (Å²) in [7, 11) is -3.58. The van der Waals surface area contributed by atoms with Crippen LogP contribution in [0.1, 0.15) is 25.3 Å². The van der Waals surface area contributed by atoms with Gasteiger partial charge in [0.1, 0.15) is 6.04 Å². The molecule has 0 radical (unpaired) electrons. The van der Waals surface area contributed by atoms with E-state index in [9.17, 15) is 13.2 Å². The zero-order valence-corrected chi connectivity index (χ0v) is 15.5. The van der Waals surface area contributed by atoms with Crippen LogP contribution in [0, 0.1) is 0 Å². The highest BCUT2D eigenvalue weighted by Gasteiger charge is 2.29. The Bertz CT molecular complexity index is 792. The number of benzene rings is 2. The molecule has 2 unspecified atom stereocenters. The molecule has 1 N–H and O–H groups in total. The van der Waals surface area contributed by atoms with E-state index >= 15 is 0 Å². The van der Waals surface area contributed by atoms with E-state index < -0.39 is 16.1 Å². The first-order valence-corrected chi connectivity index (χ1v) is 10.0. The molecule has 0 saturated carbocycles. The van der Waals surface area contributed by atoms with Crippen molar-refractivity contribution in [3.63, 3.8) is 0 Å². The van der Waals surface area contributed by atoms with Crippen molar-refractivity contribution in [2.24, 2.45) is 0 Å². The monoisotopic (exact) mass is 360 g/mol. The molecule has 2 aromatic rings. The number of amides is 1. The molecule has 0 aliphatic rings. The number of nitrogens with zero attached hydrogens (tertiary/aromatic N) is 1. The summed E-state index contributed by atoms with van der Waals surface area (Å²) in [6.45, 7) is 4.06. The predicted molar refractivity (Wildman–Crippen MR) is 101 cm³/mol. The van der Waals surface area contributed by atoms with Crippen LogP contribution in [0.2, 0.25) is 0 Å². The second-order valence-corrected chi connectivity index (χ2v) is 7.99. The first-order chi connectivity index (χ1) is 11.8. The van der Waals surface area contributed by atoms with Crippen LogP contribution in [-0.4, -0.2) is 33.2 Å². The molecular weight excluding hydrogens is 336 g/mol. The van der Waals surface area contributed by atoms with Gasteiger partial charge >= 0.3 is 0 Å². The zero-order chi connectivity index (χ0) is 18.4. The molecule has 2 atom stereocenters. The standard InChI is InChI=1S/C19H24N2O3S/c1-15(17-10-6-4-7-11-17)14-20-19(22)16(2)21(25(3,23)24)18-12-8-5-9-13-18/h4-13,15-16H,14H2,1-3H3,(H,20,22). The molecule has 0 heterocycles. The summed E-state index contributed by atoms with van der Waals surface area (Å²) in [5.74, 6) is -0.183. The SMILES string of the molecule is CC(CNC(=O)C(C)N(c1ccccc1)S(C)(=O)=O)c1ccccc1. The van der Waals surface area contributed by atoms with E-state index in [2.05, 4.69) is 5.32 Å². The third kappa shape index (κ3) is 5.06. The number of hydrogen-bond donors (Lipinski definition) is 1. The zero-order valence-electron chi connectivity index (χ0n) is 14.7. The fraction of sp³-hybridized carbons (Fsp3) is 0.316. The maximum atomic E-state index is 12.5. The fourth-order valence-corrected chi connectivity index (χ4v) is 3.86. The highest BCUT2D eigenvalue weighted by molar-refractivity contribution is 7.92. The maximum absolute atomic E-state index is 12.5. The van der Waals surface area contributed by atoms with Crippen molar-refractivity contribution >= 4 is 21.6 Å². The van der Waals surface area contributed by atoms with Gasteiger partial charge in [-0.05, 0) is 30.5 Å². The minimum Gasteiger partial charge on any atom is -0.354 e. The number of hydrogen-bond acceptors (Lipinski definition) is 3. The molecule has 2 aromatic carbocycles. The first kappa shape index (κ1) is 19.0. The number of carbonyl (C=O) groups excluding carboxylic acids is 1. The van der Waals surface area contributed by atoms with Gasteiger partial charge in [0, 0.05) is 6.54 Å². The van der Waals surface area contributed by atoms with E-state index in [0.29, 0.717) is 12.2 Å². The van der Waals surface area contributed by atoms with Crippen molar-refractivity contribution < 1.29 is 13.2 Å². The Balaban J connectivity index is 2.09. The molecule has 134 valence electrons. The van der Waals surface area contributed by atoms with Gasteiger partial charge in [0.05, 0.1) is 11.9 Å². The topological polar surface area (TPSA) is 66.5 Å². The minimum atomic E-state index is -3.58. The Morgan fingerprint density at radius 1 is 1.00 bits per heavy atom. The van der Waals surface area contributed by atoms with Gasteiger partial charge in [-0.25, -0.2) is 8.42 Å². The van der Waals surface area contributed by atoms with Crippen LogP contribution in [0.3, 0.4) is 0 Å². The van der Waals surface area contributed by atoms with Gasteiger partial charge in [0.2, 0.25) is 15.9 Å². The lowest BCUT2D eigenvalue weighted by molar-refractivity contribution is -0.121. The van der Waals surface area contributed by atoms with E-state index in [4.69, 9.17) is 0 Å². The van der Waals surface area contributed by atoms with E-state index in [1.807, 2.05) is 37.3 Å². The van der Waals surface area contributed by atoms with Crippen LogP contribution in [0.15, 0.2) is 60.7 Å². The second kappa shape index (κ2) is 8.16. The van der Waals surface area contributed by atoms with Crippen LogP contribution >= 0.6 is 0 Å². The fourth-order valence-electron chi connectivity index (χ4n) is 2.68. The second-order valence-electron chi connectivity index (χ2n) is 6.13. The number of nitrogens with one attached hydrogen (secondary N) is 1. The molecule has 2 rings (SSSR count). The molecule has 25 heavy (non-hydrogen) atoms. The molecule has 0 spiro atoms. The summed E-state index contributed by atoms with van der Waals surface area (Å²) < 4.78 is 25.5. The van der Waals surface area contributed by atoms with Gasteiger partial charge in [0.15, 0.2) is 0 Å². The Kier molecular flexibility index (Phi) is 6.20. The van der Waals surface area contributed by atoms with Crippen LogP contribution < -0.4 is 9.62 Å². The average molecular weight is 360 g/mol. The third-order valence-electron chi connectivity index (χ3n) is 4.05. The van der Waals surface area contributed by atoms with Crippen LogP contribution in [-0.2, 0) is 14.8 Å². The molecule has 0 saturated heterocycles. The van der Waals surface area contributed by atoms with Gasteiger partial charge in [-0.1, -0.05) is 55.5 Å². The maximum Gasteiger partial charge on any atom is 0.243 e. The van der Waals surface area contributed by atoms with Gasteiger partial charge in [-0.3, -0.25) is 9.10 Å². The van der Waals surface area contributed by atoms with Crippen molar-refractivity contribution in [1.29, 1.82) is 0 Å². The van der Waals surface area contributed by atoms with Crippen LogP contribution in [0.5, 0.6) is 0 Å². The summed E-state index contributed by atoms with van der Waals surface area (Å²) >= 11 is 0. The van der Waals surface area contributed by atoms with Gasteiger partial charge in [0.25, 0.3) is 0 Å². The van der Waals surface area contributed by atoms with Crippen molar-refractivity contribution in [3.05, 3.63) is 66.2 Å². The molecule has 0 aromatic heterocycles. The van der Waals surface area contributed by atoms with E-state index in [1.165, 1.54) is 0 Å². The largest absolute Gasteiger partial charge is 0.354 e. The molecule has 0 fully saturated rings. The summed E-state index contributed by atoms with van der Waals surface area (Å²) in [5, 5.41) is 2.86. The molecule has 6 heteroatoms. The smallest absolute Gasteiger partial charge is 0.243 e. The van der Waals surface area contributed by atoms with Gasteiger partial charge in [-0.15, -0.1) is 0 Å². The van der Waals surface area contributed by atoms with Gasteiger partial charge < -0.3 is 5.32 Å². The van der Waals surface area contributed by atoms with Crippen molar-refractivity contribution in [1.82, 2.24) is 5.32 Å². The Morgan fingerprint density at radius 3 is 2.04 bits per heavy atom. The summed E-state index contributed by atoms with van der Waals surface area (Å²) in [5.41, 5.74) is 1.60. The first-order valence-electron chi connectivity index (χ1n) is 8.18. The van der Waals surface area contributed by atoms with E-state index in [-0.39, 0.29) is 11.8 Å².